The fourth-order valence-corrected chi connectivity index (χ4v) is 3.79. The average molecular weight is 589 g/mol. The first kappa shape index (κ1) is 33.0. The Labute approximate surface area is 239 Å². The summed E-state index contributed by atoms with van der Waals surface area (Å²) in [7, 11) is 0. The number of nitrogens with one attached hydrogen (secondary N) is 3. The summed E-state index contributed by atoms with van der Waals surface area (Å²) >= 11 is 0. The first-order valence-electron chi connectivity index (χ1n) is 12.6. The summed E-state index contributed by atoms with van der Waals surface area (Å²) in [6.07, 6.45) is -2.13. The van der Waals surface area contributed by atoms with Gasteiger partial charge < -0.3 is 47.2 Å². The van der Waals surface area contributed by atoms with E-state index in [1.54, 1.807) is 0 Å². The molecule has 0 fully saturated rings. The average Bonchev–Trinajstić information content (AvgIpc) is 2.91. The lowest BCUT2D eigenvalue weighted by atomic mass is 10.0. The Hall–Kier alpha value is -5.18. The van der Waals surface area contributed by atoms with E-state index in [4.69, 9.17) is 15.9 Å². The number of benzene rings is 2. The van der Waals surface area contributed by atoms with Gasteiger partial charge in [0, 0.05) is 19.3 Å². The zero-order valence-electron chi connectivity index (χ0n) is 22.2. The predicted octanol–water partition coefficient (Wildman–Crippen LogP) is -0.911. The van der Waals surface area contributed by atoms with Crippen LogP contribution in [0.1, 0.15) is 30.4 Å². The highest BCUT2D eigenvalue weighted by molar-refractivity contribution is 5.95. The van der Waals surface area contributed by atoms with E-state index in [-0.39, 0.29) is 24.3 Å². The Bertz CT molecular complexity index is 1280. The van der Waals surface area contributed by atoms with Crippen LogP contribution in [0.2, 0.25) is 0 Å². The molecule has 0 bridgehead atoms. The number of aliphatic carboxylic acids is 3. The second-order valence-corrected chi connectivity index (χ2v) is 9.40. The van der Waals surface area contributed by atoms with E-state index in [9.17, 15) is 44.1 Å². The number of carboxylic acids is 3. The Morgan fingerprint density at radius 1 is 0.619 bits per heavy atom. The monoisotopic (exact) mass is 588 g/mol. The third-order valence-corrected chi connectivity index (χ3v) is 6.01. The number of rotatable bonds is 16. The van der Waals surface area contributed by atoms with Gasteiger partial charge in [-0.25, -0.2) is 4.79 Å². The minimum Gasteiger partial charge on any atom is -0.508 e. The second-order valence-electron chi connectivity index (χ2n) is 9.40. The quantitative estimate of drug-likeness (QED) is 0.115. The molecule has 0 aromatic heterocycles. The van der Waals surface area contributed by atoms with Crippen molar-refractivity contribution in [1.82, 2.24) is 16.0 Å². The molecule has 2 aromatic rings. The van der Waals surface area contributed by atoms with E-state index in [0.717, 1.165) is 0 Å². The summed E-state index contributed by atoms with van der Waals surface area (Å²) in [5, 5.41) is 53.6. The van der Waals surface area contributed by atoms with E-state index < -0.39 is 79.1 Å². The topological polar surface area (TPSA) is 266 Å². The van der Waals surface area contributed by atoms with Crippen molar-refractivity contribution in [3.05, 3.63) is 59.7 Å². The van der Waals surface area contributed by atoms with Gasteiger partial charge in [0.25, 0.3) is 0 Å². The lowest BCUT2D eigenvalue weighted by molar-refractivity contribution is -0.143. The van der Waals surface area contributed by atoms with Crippen molar-refractivity contribution in [1.29, 1.82) is 0 Å². The maximum atomic E-state index is 13.3. The van der Waals surface area contributed by atoms with Crippen LogP contribution in [0.5, 0.6) is 11.5 Å². The zero-order valence-corrected chi connectivity index (χ0v) is 22.2. The van der Waals surface area contributed by atoms with Crippen molar-refractivity contribution >= 4 is 35.6 Å². The van der Waals surface area contributed by atoms with Gasteiger partial charge in [-0.15, -0.1) is 0 Å². The molecule has 0 aliphatic rings. The van der Waals surface area contributed by atoms with Crippen LogP contribution in [-0.4, -0.2) is 85.3 Å². The summed E-state index contributed by atoms with van der Waals surface area (Å²) in [4.78, 5) is 73.0. The molecule has 0 spiro atoms. The van der Waals surface area contributed by atoms with Crippen LogP contribution in [0, 0.1) is 0 Å². The minimum absolute atomic E-state index is 0.0519. The lowest BCUT2D eigenvalue weighted by Gasteiger charge is -2.25. The predicted molar refractivity (Wildman–Crippen MR) is 144 cm³/mol. The van der Waals surface area contributed by atoms with Gasteiger partial charge in [-0.1, -0.05) is 24.3 Å². The van der Waals surface area contributed by atoms with E-state index in [0.29, 0.717) is 11.1 Å². The summed E-state index contributed by atoms with van der Waals surface area (Å²) in [5.74, 6) is -7.14. The van der Waals surface area contributed by atoms with Crippen LogP contribution in [0.15, 0.2) is 48.5 Å². The number of amides is 3. The minimum atomic E-state index is -1.54. The van der Waals surface area contributed by atoms with Crippen LogP contribution < -0.4 is 21.7 Å². The molecule has 226 valence electrons. The number of phenols is 2. The molecule has 15 nitrogen and oxygen atoms in total. The number of hydrogen-bond acceptors (Lipinski definition) is 9. The van der Waals surface area contributed by atoms with Gasteiger partial charge in [-0.05, 0) is 41.8 Å². The van der Waals surface area contributed by atoms with Crippen molar-refractivity contribution in [2.24, 2.45) is 5.73 Å². The van der Waals surface area contributed by atoms with E-state index >= 15 is 0 Å². The molecule has 4 unspecified atom stereocenters. The molecule has 0 saturated carbocycles. The molecule has 0 heterocycles. The number of carbonyl (C=O) groups excluding carboxylic acids is 3. The summed E-state index contributed by atoms with van der Waals surface area (Å²) in [6.45, 7) is 0. The molecular formula is C27H32N4O11. The summed E-state index contributed by atoms with van der Waals surface area (Å²) < 4.78 is 0. The first-order valence-corrected chi connectivity index (χ1v) is 12.6. The summed E-state index contributed by atoms with van der Waals surface area (Å²) in [5.41, 5.74) is 6.52. The maximum Gasteiger partial charge on any atom is 0.326 e. The highest BCUT2D eigenvalue weighted by Gasteiger charge is 2.31. The van der Waals surface area contributed by atoms with E-state index in [1.807, 2.05) is 0 Å². The molecule has 42 heavy (non-hydrogen) atoms. The Kier molecular flexibility index (Phi) is 12.2. The van der Waals surface area contributed by atoms with Crippen molar-refractivity contribution in [2.75, 3.05) is 0 Å². The molecular weight excluding hydrogens is 556 g/mol. The van der Waals surface area contributed by atoms with Gasteiger partial charge in [-0.3, -0.25) is 24.0 Å². The highest BCUT2D eigenvalue weighted by Crippen LogP contribution is 2.14. The molecule has 0 saturated heterocycles. The van der Waals surface area contributed by atoms with Gasteiger partial charge in [-0.2, -0.15) is 0 Å². The SMILES string of the molecule is NC(CC(=O)O)C(=O)NC(Cc1ccc(O)cc1)C(=O)NC(CCC(=O)O)C(=O)NC(Cc1ccc(O)cc1)C(=O)O. The highest BCUT2D eigenvalue weighted by atomic mass is 16.4. The van der Waals surface area contributed by atoms with E-state index in [1.165, 1.54) is 48.5 Å². The molecule has 2 rings (SSSR count). The molecule has 0 aliphatic carbocycles. The fraction of sp³-hybridized carbons (Fsp3) is 0.333. The molecule has 4 atom stereocenters. The molecule has 15 heteroatoms. The molecule has 0 radical (unpaired) electrons. The van der Waals surface area contributed by atoms with Crippen LogP contribution in [0.3, 0.4) is 0 Å². The van der Waals surface area contributed by atoms with Gasteiger partial charge in [0.15, 0.2) is 0 Å². The van der Waals surface area contributed by atoms with Crippen molar-refractivity contribution in [2.45, 2.75) is 56.3 Å². The smallest absolute Gasteiger partial charge is 0.326 e. The number of phenolic OH excluding ortho intramolecular Hbond substituents is 2. The van der Waals surface area contributed by atoms with Crippen molar-refractivity contribution in [3.63, 3.8) is 0 Å². The van der Waals surface area contributed by atoms with Gasteiger partial charge in [0.2, 0.25) is 17.7 Å². The van der Waals surface area contributed by atoms with Crippen LogP contribution in [-0.2, 0) is 41.6 Å². The number of hydrogen-bond donors (Lipinski definition) is 9. The largest absolute Gasteiger partial charge is 0.508 e. The molecule has 0 aliphatic heterocycles. The third kappa shape index (κ3) is 11.1. The maximum absolute atomic E-state index is 13.3. The third-order valence-electron chi connectivity index (χ3n) is 6.01. The standard InChI is InChI=1S/C27H32N4O11/c28-18(13-23(36)37)24(38)30-20(11-14-1-5-16(32)6-2-14)26(40)29-19(9-10-22(34)35)25(39)31-21(27(41)42)12-15-3-7-17(33)8-4-15/h1-8,18-21,32-33H,9-13,28H2,(H,29,40)(H,30,38)(H,31,39)(H,34,35)(H,36,37)(H,41,42). The number of aromatic hydroxyl groups is 2. The van der Waals surface area contributed by atoms with E-state index in [2.05, 4.69) is 16.0 Å². The number of carboxylic acid groups (broad SMARTS) is 3. The Morgan fingerprint density at radius 2 is 1.05 bits per heavy atom. The van der Waals surface area contributed by atoms with Gasteiger partial charge >= 0.3 is 17.9 Å². The molecule has 2 aromatic carbocycles. The normalized spacial score (nSPS) is 13.5. The second kappa shape index (κ2) is 15.6. The van der Waals surface area contributed by atoms with Gasteiger partial charge in [0.05, 0.1) is 12.5 Å². The summed E-state index contributed by atoms with van der Waals surface area (Å²) in [6, 6.07) is 5.16. The van der Waals surface area contributed by atoms with Crippen LogP contribution in [0.4, 0.5) is 0 Å². The van der Waals surface area contributed by atoms with Crippen LogP contribution >= 0.6 is 0 Å². The fourth-order valence-electron chi connectivity index (χ4n) is 3.79. The molecule has 3 amide bonds. The van der Waals surface area contributed by atoms with Crippen molar-refractivity contribution < 1.29 is 54.3 Å². The Morgan fingerprint density at radius 3 is 1.50 bits per heavy atom. The number of carbonyl (C=O) groups is 6. The van der Waals surface area contributed by atoms with Crippen molar-refractivity contribution in [3.8, 4) is 11.5 Å². The Balaban J connectivity index is 2.27. The molecule has 10 N–H and O–H groups in total. The van der Waals surface area contributed by atoms with Gasteiger partial charge in [0.1, 0.15) is 29.6 Å². The lowest BCUT2D eigenvalue weighted by Crippen LogP contribution is -2.58. The van der Waals surface area contributed by atoms with Crippen LogP contribution in [0.25, 0.3) is 0 Å². The zero-order chi connectivity index (χ0) is 31.4. The number of nitrogens with two attached hydrogens (primary N) is 1. The first-order chi connectivity index (χ1) is 19.7.